The average Bonchev–Trinajstić information content (AvgIpc) is 2.91. The Labute approximate surface area is 242 Å². The first kappa shape index (κ1) is 35.7. The molecule has 1 aromatic rings. The second-order valence-corrected chi connectivity index (χ2v) is 10.4. The monoisotopic (exact) mass is 595 g/mol. The predicted molar refractivity (Wildman–Crippen MR) is 147 cm³/mol. The Morgan fingerprint density at radius 1 is 1.02 bits per heavy atom. The van der Waals surface area contributed by atoms with Gasteiger partial charge >= 0.3 is 23.9 Å². The van der Waals surface area contributed by atoms with Crippen LogP contribution in [0.25, 0.3) is 0 Å². The first-order valence-electron chi connectivity index (χ1n) is 12.6. The number of non-ortho nitro benzene ring substituents is 1. The number of allylic oxidation sites excluding steroid dienone is 2. The second-order valence-electron chi connectivity index (χ2n) is 10.4. The van der Waals surface area contributed by atoms with E-state index >= 15 is 0 Å². The Morgan fingerprint density at radius 3 is 1.93 bits per heavy atom. The zero-order valence-corrected chi connectivity index (χ0v) is 24.3. The number of carboxylic acids is 2. The summed E-state index contributed by atoms with van der Waals surface area (Å²) >= 11 is 0. The standard InChI is InChI=1S/C23H31N3O6.C4H6O6/c1-13-18(21(27)31-7)20(15-9-8-10-16(11-15)26(29)30)19(14(2)25-13)22(28)32-12-17(24-6)23(3,4)5;5-1(3(7)8)2(6)4(9)10/h8-11,17,20,24-25H,12H2,1-7H3;1-2,5-6H,(H,7,8)(H,9,10). The summed E-state index contributed by atoms with van der Waals surface area (Å²) in [5.41, 5.74) is 1.55. The number of hydrogen-bond acceptors (Lipinski definition) is 12. The van der Waals surface area contributed by atoms with Crippen molar-refractivity contribution in [3.63, 3.8) is 0 Å². The molecule has 15 heteroatoms. The lowest BCUT2D eigenvalue weighted by Gasteiger charge is -2.32. The van der Waals surface area contributed by atoms with Gasteiger partial charge in [0.15, 0.2) is 12.2 Å². The number of carbonyl (C=O) groups excluding carboxylic acids is 2. The highest BCUT2D eigenvalue weighted by Gasteiger charge is 2.39. The van der Waals surface area contributed by atoms with Gasteiger partial charge in [-0.2, -0.15) is 0 Å². The lowest BCUT2D eigenvalue weighted by Crippen LogP contribution is -2.43. The first-order valence-corrected chi connectivity index (χ1v) is 12.6. The van der Waals surface area contributed by atoms with Crippen LogP contribution in [0.4, 0.5) is 5.69 Å². The minimum atomic E-state index is -2.27. The molecule has 0 spiro atoms. The molecule has 2 rings (SSSR count). The average molecular weight is 596 g/mol. The number of methoxy groups -OCH3 is 1. The van der Waals surface area contributed by atoms with E-state index in [1.165, 1.54) is 25.3 Å². The quantitative estimate of drug-likeness (QED) is 0.126. The number of nitro benzene ring substituents is 1. The maximum Gasteiger partial charge on any atom is 0.336 e. The summed E-state index contributed by atoms with van der Waals surface area (Å²) in [5, 5.41) is 50.1. The third-order valence-corrected chi connectivity index (χ3v) is 6.38. The van der Waals surface area contributed by atoms with Crippen molar-refractivity contribution >= 4 is 29.6 Å². The van der Waals surface area contributed by atoms with E-state index < -0.39 is 46.9 Å². The van der Waals surface area contributed by atoms with Crippen molar-refractivity contribution in [2.75, 3.05) is 20.8 Å². The van der Waals surface area contributed by atoms with Crippen LogP contribution in [-0.4, -0.2) is 88.2 Å². The number of ether oxygens (including phenoxy) is 2. The number of aliphatic hydroxyl groups excluding tert-OH is 2. The lowest BCUT2D eigenvalue weighted by atomic mass is 9.80. The van der Waals surface area contributed by atoms with E-state index in [9.17, 15) is 29.3 Å². The number of rotatable bonds is 10. The molecule has 0 aliphatic carbocycles. The molecule has 1 heterocycles. The van der Waals surface area contributed by atoms with Crippen molar-refractivity contribution in [3.8, 4) is 0 Å². The van der Waals surface area contributed by atoms with E-state index in [4.69, 9.17) is 29.9 Å². The molecule has 0 saturated carbocycles. The summed E-state index contributed by atoms with van der Waals surface area (Å²) in [6.45, 7) is 9.61. The van der Waals surface area contributed by atoms with Crippen LogP contribution < -0.4 is 10.6 Å². The molecule has 15 nitrogen and oxygen atoms in total. The zero-order chi connectivity index (χ0) is 32.5. The van der Waals surface area contributed by atoms with Gasteiger partial charge < -0.3 is 40.5 Å². The summed E-state index contributed by atoms with van der Waals surface area (Å²) in [6, 6.07) is 5.78. The van der Waals surface area contributed by atoms with Crippen molar-refractivity contribution in [2.24, 2.45) is 5.41 Å². The molecule has 4 unspecified atom stereocenters. The maximum atomic E-state index is 13.3. The SMILES string of the molecule is CNC(COC(=O)C1=C(C)NC(C)=C(C(=O)OC)C1c1cccc([N+](=O)[O-])c1)C(C)(C)C.O=C(O)C(O)C(O)C(=O)O. The van der Waals surface area contributed by atoms with Crippen LogP contribution >= 0.6 is 0 Å². The smallest absolute Gasteiger partial charge is 0.336 e. The fourth-order valence-corrected chi connectivity index (χ4v) is 4.07. The number of likely N-dealkylation sites (N-methyl/N-ethyl adjacent to an activating group) is 1. The Hall–Kier alpha value is -4.34. The minimum absolute atomic E-state index is 0.0995. The van der Waals surface area contributed by atoms with Crippen LogP contribution in [0.2, 0.25) is 0 Å². The summed E-state index contributed by atoms with van der Waals surface area (Å²) in [4.78, 5) is 56.3. The molecule has 0 bridgehead atoms. The van der Waals surface area contributed by atoms with Gasteiger partial charge in [0.1, 0.15) is 6.61 Å². The van der Waals surface area contributed by atoms with Crippen LogP contribution in [0.3, 0.4) is 0 Å². The first-order chi connectivity index (χ1) is 19.4. The van der Waals surface area contributed by atoms with Crippen LogP contribution in [0.1, 0.15) is 46.1 Å². The number of nitrogens with zero attached hydrogens (tertiary/aromatic N) is 1. The topological polar surface area (TPSA) is 235 Å². The Balaban J connectivity index is 0.000000752. The van der Waals surface area contributed by atoms with Crippen LogP contribution in [0.5, 0.6) is 0 Å². The normalized spacial score (nSPS) is 17.1. The van der Waals surface area contributed by atoms with Gasteiger partial charge in [-0.3, -0.25) is 10.1 Å². The van der Waals surface area contributed by atoms with Gasteiger partial charge in [-0.1, -0.05) is 32.9 Å². The van der Waals surface area contributed by atoms with Gasteiger partial charge in [-0.25, -0.2) is 19.2 Å². The summed E-state index contributed by atoms with van der Waals surface area (Å²) in [6.07, 6.45) is -4.53. The van der Waals surface area contributed by atoms with E-state index in [2.05, 4.69) is 10.6 Å². The van der Waals surface area contributed by atoms with E-state index in [1.54, 1.807) is 27.0 Å². The Kier molecular flexibility index (Phi) is 12.8. The predicted octanol–water partition coefficient (Wildman–Crippen LogP) is 1.06. The number of carbonyl (C=O) groups is 4. The number of carboxylic acid groups (broad SMARTS) is 2. The molecule has 1 aliphatic heterocycles. The minimum Gasteiger partial charge on any atom is -0.479 e. The lowest BCUT2D eigenvalue weighted by molar-refractivity contribution is -0.384. The molecule has 0 fully saturated rings. The third kappa shape index (κ3) is 9.09. The van der Waals surface area contributed by atoms with Gasteiger partial charge in [0.25, 0.3) is 5.69 Å². The van der Waals surface area contributed by atoms with Crippen molar-refractivity contribution < 1.29 is 54.0 Å². The molecular weight excluding hydrogens is 558 g/mol. The van der Waals surface area contributed by atoms with Gasteiger partial charge in [0, 0.05) is 29.6 Å². The molecular formula is C27H37N3O12. The van der Waals surface area contributed by atoms with Crippen LogP contribution in [0.15, 0.2) is 46.8 Å². The van der Waals surface area contributed by atoms with Gasteiger partial charge in [-0.05, 0) is 31.9 Å². The molecule has 0 amide bonds. The zero-order valence-electron chi connectivity index (χ0n) is 24.3. The molecule has 6 N–H and O–H groups in total. The number of benzene rings is 1. The van der Waals surface area contributed by atoms with E-state index in [0.717, 1.165) is 0 Å². The van der Waals surface area contributed by atoms with Gasteiger partial charge in [0.2, 0.25) is 0 Å². The molecule has 232 valence electrons. The van der Waals surface area contributed by atoms with Crippen LogP contribution in [-0.2, 0) is 28.7 Å². The number of hydrogen-bond donors (Lipinski definition) is 6. The number of aliphatic hydroxyl groups is 2. The molecule has 1 aliphatic rings. The van der Waals surface area contributed by atoms with Crippen molar-refractivity contribution in [2.45, 2.75) is 58.8 Å². The fourth-order valence-electron chi connectivity index (χ4n) is 4.07. The number of nitro groups is 1. The van der Waals surface area contributed by atoms with Gasteiger partial charge in [-0.15, -0.1) is 0 Å². The van der Waals surface area contributed by atoms with E-state index in [0.29, 0.717) is 17.0 Å². The fraction of sp³-hybridized carbons (Fsp3) is 0.481. The highest BCUT2D eigenvalue weighted by molar-refractivity contribution is 6.00. The van der Waals surface area contributed by atoms with E-state index in [-0.39, 0.29) is 34.9 Å². The molecule has 4 atom stereocenters. The third-order valence-electron chi connectivity index (χ3n) is 6.38. The molecule has 0 radical (unpaired) electrons. The van der Waals surface area contributed by atoms with Crippen molar-refractivity contribution in [3.05, 3.63) is 62.5 Å². The molecule has 0 aromatic heterocycles. The highest BCUT2D eigenvalue weighted by Crippen LogP contribution is 2.40. The Morgan fingerprint density at radius 2 is 1.52 bits per heavy atom. The molecule has 42 heavy (non-hydrogen) atoms. The van der Waals surface area contributed by atoms with E-state index in [1.807, 2.05) is 20.8 Å². The number of nitrogens with one attached hydrogen (secondary N) is 2. The Bertz CT molecular complexity index is 1250. The summed E-state index contributed by atoms with van der Waals surface area (Å²) in [5.74, 6) is -5.65. The number of dihydropyridines is 1. The maximum absolute atomic E-state index is 13.3. The summed E-state index contributed by atoms with van der Waals surface area (Å²) in [7, 11) is 3.04. The number of esters is 2. The largest absolute Gasteiger partial charge is 0.479 e. The summed E-state index contributed by atoms with van der Waals surface area (Å²) < 4.78 is 10.6. The van der Waals surface area contributed by atoms with Crippen molar-refractivity contribution in [1.82, 2.24) is 10.6 Å². The highest BCUT2D eigenvalue weighted by atomic mass is 16.6. The van der Waals surface area contributed by atoms with Crippen LogP contribution in [0, 0.1) is 15.5 Å². The molecule has 1 aromatic carbocycles. The molecule has 0 saturated heterocycles. The van der Waals surface area contributed by atoms with Crippen molar-refractivity contribution in [1.29, 1.82) is 0 Å². The number of aliphatic carboxylic acids is 2. The van der Waals surface area contributed by atoms with Gasteiger partial charge in [0.05, 0.1) is 29.1 Å². The second kappa shape index (κ2) is 15.0.